The fourth-order valence-corrected chi connectivity index (χ4v) is 2.59. The third-order valence-corrected chi connectivity index (χ3v) is 3.94. The van der Waals surface area contributed by atoms with Gasteiger partial charge in [-0.3, -0.25) is 0 Å². The molecule has 1 rings (SSSR count). The Kier molecular flexibility index (Phi) is 12.8. The third kappa shape index (κ3) is 11.3. The summed E-state index contributed by atoms with van der Waals surface area (Å²) in [7, 11) is 0. The fourth-order valence-electron chi connectivity index (χ4n) is 2.59. The monoisotopic (exact) mass is 324 g/mol. The molecular weight excluding hydrogens is 292 g/mol. The molecular formula is C19H32O4. The molecule has 0 aliphatic heterocycles. The summed E-state index contributed by atoms with van der Waals surface area (Å²) in [5, 5.41) is 17.8. The number of rotatable bonds is 15. The number of aliphatic hydroxyl groups excluding tert-OH is 2. The van der Waals surface area contributed by atoms with E-state index in [4.69, 9.17) is 19.7 Å². The van der Waals surface area contributed by atoms with Crippen molar-refractivity contribution in [1.29, 1.82) is 0 Å². The minimum Gasteiger partial charge on any atom is -0.396 e. The Labute approximate surface area is 140 Å². The second kappa shape index (κ2) is 14.6. The molecule has 0 saturated carbocycles. The SMILES string of the molecule is OCCCCC(CCCO)CCOCCOCc1ccccc1. The van der Waals surface area contributed by atoms with Crippen LogP contribution in [0.5, 0.6) is 0 Å². The van der Waals surface area contributed by atoms with E-state index in [9.17, 15) is 0 Å². The average molecular weight is 324 g/mol. The van der Waals surface area contributed by atoms with Crippen LogP contribution >= 0.6 is 0 Å². The summed E-state index contributed by atoms with van der Waals surface area (Å²) in [5.74, 6) is 0.582. The molecule has 0 aliphatic carbocycles. The number of benzene rings is 1. The van der Waals surface area contributed by atoms with Crippen LogP contribution in [0.15, 0.2) is 30.3 Å². The van der Waals surface area contributed by atoms with Crippen molar-refractivity contribution in [2.75, 3.05) is 33.0 Å². The van der Waals surface area contributed by atoms with Crippen molar-refractivity contribution >= 4 is 0 Å². The van der Waals surface area contributed by atoms with Gasteiger partial charge < -0.3 is 19.7 Å². The molecule has 0 aromatic heterocycles. The van der Waals surface area contributed by atoms with E-state index in [1.54, 1.807) is 0 Å². The number of unbranched alkanes of at least 4 members (excludes halogenated alkanes) is 1. The second-order valence-corrected chi connectivity index (χ2v) is 5.89. The first-order valence-electron chi connectivity index (χ1n) is 8.78. The first kappa shape index (κ1) is 20.1. The summed E-state index contributed by atoms with van der Waals surface area (Å²) in [6, 6.07) is 10.1. The van der Waals surface area contributed by atoms with Gasteiger partial charge in [-0.25, -0.2) is 0 Å². The standard InChI is InChI=1S/C19H32O4/c20-12-5-4-7-18(10-6-13-21)11-14-22-15-16-23-17-19-8-2-1-3-9-19/h1-3,8-9,18,20-21H,4-7,10-17H2. The molecule has 1 unspecified atom stereocenters. The summed E-state index contributed by atoms with van der Waals surface area (Å²) in [6.45, 7) is 3.12. The predicted molar refractivity (Wildman–Crippen MR) is 92.3 cm³/mol. The van der Waals surface area contributed by atoms with Crippen LogP contribution in [0.2, 0.25) is 0 Å². The van der Waals surface area contributed by atoms with E-state index in [1.807, 2.05) is 18.2 Å². The Bertz CT molecular complexity index is 356. The Morgan fingerprint density at radius 1 is 0.739 bits per heavy atom. The first-order chi connectivity index (χ1) is 11.4. The van der Waals surface area contributed by atoms with E-state index in [1.165, 1.54) is 5.56 Å². The zero-order valence-electron chi connectivity index (χ0n) is 14.2. The smallest absolute Gasteiger partial charge is 0.0718 e. The van der Waals surface area contributed by atoms with Crippen LogP contribution in [0.1, 0.15) is 44.1 Å². The lowest BCUT2D eigenvalue weighted by atomic mass is 9.94. The quantitative estimate of drug-likeness (QED) is 0.487. The molecule has 0 spiro atoms. The van der Waals surface area contributed by atoms with Gasteiger partial charge in [0, 0.05) is 19.8 Å². The molecule has 23 heavy (non-hydrogen) atoms. The third-order valence-electron chi connectivity index (χ3n) is 3.94. The highest BCUT2D eigenvalue weighted by Crippen LogP contribution is 2.18. The van der Waals surface area contributed by atoms with Crippen molar-refractivity contribution in [3.8, 4) is 0 Å². The van der Waals surface area contributed by atoms with Crippen LogP contribution in [0.3, 0.4) is 0 Å². The van der Waals surface area contributed by atoms with Gasteiger partial charge in [-0.05, 0) is 37.2 Å². The summed E-state index contributed by atoms with van der Waals surface area (Å²) in [4.78, 5) is 0. The number of ether oxygens (including phenoxy) is 2. The van der Waals surface area contributed by atoms with Gasteiger partial charge in [0.05, 0.1) is 19.8 Å². The fraction of sp³-hybridized carbons (Fsp3) is 0.684. The number of aliphatic hydroxyl groups is 2. The summed E-state index contributed by atoms with van der Waals surface area (Å²) in [6.07, 6.45) is 5.93. The Hall–Kier alpha value is -0.940. The van der Waals surface area contributed by atoms with Crippen LogP contribution < -0.4 is 0 Å². The normalized spacial score (nSPS) is 12.4. The van der Waals surface area contributed by atoms with Crippen LogP contribution in [0, 0.1) is 5.92 Å². The molecule has 0 aliphatic rings. The van der Waals surface area contributed by atoms with E-state index >= 15 is 0 Å². The predicted octanol–water partition coefficient (Wildman–Crippen LogP) is 3.16. The van der Waals surface area contributed by atoms with Crippen molar-refractivity contribution in [1.82, 2.24) is 0 Å². The molecule has 2 N–H and O–H groups in total. The molecule has 132 valence electrons. The molecule has 1 aromatic rings. The van der Waals surface area contributed by atoms with Crippen molar-refractivity contribution < 1.29 is 19.7 Å². The van der Waals surface area contributed by atoms with Crippen LogP contribution in [0.25, 0.3) is 0 Å². The molecule has 4 nitrogen and oxygen atoms in total. The average Bonchev–Trinajstić information content (AvgIpc) is 2.59. The first-order valence-corrected chi connectivity index (χ1v) is 8.78. The summed E-state index contributed by atoms with van der Waals surface area (Å²) < 4.78 is 11.2. The van der Waals surface area contributed by atoms with Gasteiger partial charge >= 0.3 is 0 Å². The molecule has 4 heteroatoms. The molecule has 0 saturated heterocycles. The van der Waals surface area contributed by atoms with Gasteiger partial charge in [0.25, 0.3) is 0 Å². The van der Waals surface area contributed by atoms with Gasteiger partial charge in [-0.2, -0.15) is 0 Å². The van der Waals surface area contributed by atoms with Gasteiger partial charge in [-0.15, -0.1) is 0 Å². The lowest BCUT2D eigenvalue weighted by Gasteiger charge is -2.16. The molecule has 0 radical (unpaired) electrons. The van der Waals surface area contributed by atoms with Gasteiger partial charge in [0.1, 0.15) is 0 Å². The maximum atomic E-state index is 8.96. The molecule has 1 atom stereocenters. The highest BCUT2D eigenvalue weighted by Gasteiger charge is 2.08. The number of hydrogen-bond acceptors (Lipinski definition) is 4. The van der Waals surface area contributed by atoms with Crippen molar-refractivity contribution in [3.63, 3.8) is 0 Å². The van der Waals surface area contributed by atoms with Gasteiger partial charge in [0.2, 0.25) is 0 Å². The lowest BCUT2D eigenvalue weighted by molar-refractivity contribution is 0.0351. The maximum absolute atomic E-state index is 8.96. The molecule has 0 fully saturated rings. The highest BCUT2D eigenvalue weighted by molar-refractivity contribution is 5.13. The maximum Gasteiger partial charge on any atom is 0.0718 e. The Balaban J connectivity index is 2.01. The van der Waals surface area contributed by atoms with E-state index < -0.39 is 0 Å². The van der Waals surface area contributed by atoms with Crippen molar-refractivity contribution in [2.45, 2.75) is 45.1 Å². The van der Waals surface area contributed by atoms with Crippen LogP contribution in [-0.2, 0) is 16.1 Å². The zero-order chi connectivity index (χ0) is 16.6. The summed E-state index contributed by atoms with van der Waals surface area (Å²) in [5.41, 5.74) is 1.18. The largest absolute Gasteiger partial charge is 0.396 e. The van der Waals surface area contributed by atoms with E-state index in [-0.39, 0.29) is 13.2 Å². The van der Waals surface area contributed by atoms with Crippen LogP contribution in [0.4, 0.5) is 0 Å². The Morgan fingerprint density at radius 2 is 1.43 bits per heavy atom. The molecule has 0 heterocycles. The summed E-state index contributed by atoms with van der Waals surface area (Å²) >= 11 is 0. The van der Waals surface area contributed by atoms with E-state index in [0.717, 1.165) is 45.1 Å². The van der Waals surface area contributed by atoms with Gasteiger partial charge in [0.15, 0.2) is 0 Å². The Morgan fingerprint density at radius 3 is 2.17 bits per heavy atom. The van der Waals surface area contributed by atoms with Crippen LogP contribution in [-0.4, -0.2) is 43.2 Å². The second-order valence-electron chi connectivity index (χ2n) is 5.89. The number of hydrogen-bond donors (Lipinski definition) is 2. The molecule has 0 bridgehead atoms. The molecule has 0 amide bonds. The van der Waals surface area contributed by atoms with Crippen molar-refractivity contribution in [3.05, 3.63) is 35.9 Å². The van der Waals surface area contributed by atoms with Crippen molar-refractivity contribution in [2.24, 2.45) is 5.92 Å². The minimum atomic E-state index is 0.255. The van der Waals surface area contributed by atoms with E-state index in [0.29, 0.717) is 25.7 Å². The molecule has 1 aromatic carbocycles. The van der Waals surface area contributed by atoms with Gasteiger partial charge in [-0.1, -0.05) is 43.2 Å². The minimum absolute atomic E-state index is 0.255. The topological polar surface area (TPSA) is 58.9 Å². The zero-order valence-corrected chi connectivity index (χ0v) is 14.2. The highest BCUT2D eigenvalue weighted by atomic mass is 16.5. The van der Waals surface area contributed by atoms with E-state index in [2.05, 4.69) is 12.1 Å². The lowest BCUT2D eigenvalue weighted by Crippen LogP contribution is -2.10.